The highest BCUT2D eigenvalue weighted by atomic mass is 16.2. The van der Waals surface area contributed by atoms with Gasteiger partial charge in [0.2, 0.25) is 0 Å². The van der Waals surface area contributed by atoms with Crippen LogP contribution in [0.5, 0.6) is 0 Å². The average molecular weight is 370 g/mol. The number of nitrogens with zero attached hydrogens (tertiary/aromatic N) is 1. The van der Waals surface area contributed by atoms with Gasteiger partial charge in [0.1, 0.15) is 0 Å². The maximum Gasteiger partial charge on any atom is 0.0431 e. The average Bonchev–Trinajstić information content (AvgIpc) is 2.65. The number of unbranched alkanes of at least 4 members (excludes halogenated alkanes) is 15. The molecular weight excluding hydrogens is 318 g/mol. The summed E-state index contributed by atoms with van der Waals surface area (Å²) in [5, 5.41) is 9.03. The van der Waals surface area contributed by atoms with Crippen molar-refractivity contribution in [3.05, 3.63) is 0 Å². The van der Waals surface area contributed by atoms with Gasteiger partial charge >= 0.3 is 0 Å². The van der Waals surface area contributed by atoms with Gasteiger partial charge in [-0.1, -0.05) is 104 Å². The van der Waals surface area contributed by atoms with Crippen LogP contribution in [0.4, 0.5) is 0 Å². The Balaban J connectivity index is 3.63. The Hall–Kier alpha value is -0.0800. The van der Waals surface area contributed by atoms with Gasteiger partial charge in [0, 0.05) is 6.61 Å². The zero-order chi connectivity index (χ0) is 19.1. The van der Waals surface area contributed by atoms with E-state index in [-0.39, 0.29) is 0 Å². The summed E-state index contributed by atoms with van der Waals surface area (Å²) in [6, 6.07) is 0. The first-order valence-electron chi connectivity index (χ1n) is 12.2. The van der Waals surface area contributed by atoms with Gasteiger partial charge in [0.05, 0.1) is 0 Å². The van der Waals surface area contributed by atoms with Gasteiger partial charge in [0.15, 0.2) is 0 Å². The topological polar surface area (TPSA) is 23.5 Å². The Labute approximate surface area is 166 Å². The fourth-order valence-corrected chi connectivity index (χ4v) is 3.72. The first kappa shape index (κ1) is 25.9. The quantitative estimate of drug-likeness (QED) is 0.202. The van der Waals surface area contributed by atoms with E-state index in [1.807, 2.05) is 0 Å². The van der Waals surface area contributed by atoms with Crippen LogP contribution >= 0.6 is 0 Å². The Morgan fingerprint density at radius 3 is 1.08 bits per heavy atom. The fourth-order valence-electron chi connectivity index (χ4n) is 3.72. The molecule has 0 aliphatic carbocycles. The Bertz CT molecular complexity index is 224. The lowest BCUT2D eigenvalue weighted by molar-refractivity contribution is 0.234. The molecule has 0 fully saturated rings. The van der Waals surface area contributed by atoms with Crippen LogP contribution in [0.3, 0.4) is 0 Å². The lowest BCUT2D eigenvalue weighted by atomic mass is 10.1. The third-order valence-corrected chi connectivity index (χ3v) is 5.54. The van der Waals surface area contributed by atoms with E-state index in [2.05, 4.69) is 18.7 Å². The van der Waals surface area contributed by atoms with Crippen LogP contribution in [0, 0.1) is 0 Å². The maximum absolute atomic E-state index is 9.03. The molecular formula is C24H51NO. The molecule has 0 spiro atoms. The van der Waals surface area contributed by atoms with Crippen LogP contribution in [0.1, 0.15) is 129 Å². The predicted octanol–water partition coefficient (Wildman–Crippen LogP) is 7.34. The minimum Gasteiger partial charge on any atom is -0.396 e. The van der Waals surface area contributed by atoms with Gasteiger partial charge in [-0.2, -0.15) is 0 Å². The van der Waals surface area contributed by atoms with E-state index in [0.29, 0.717) is 6.61 Å². The molecule has 0 amide bonds. The SMILES string of the molecule is CCCCCCCCCCN(CCCCO)CCCCCCCCCC. The van der Waals surface area contributed by atoms with Crippen molar-refractivity contribution >= 4 is 0 Å². The van der Waals surface area contributed by atoms with E-state index >= 15 is 0 Å². The first-order chi connectivity index (χ1) is 12.8. The zero-order valence-corrected chi connectivity index (χ0v) is 18.5. The van der Waals surface area contributed by atoms with Gasteiger partial charge in [-0.25, -0.2) is 0 Å². The van der Waals surface area contributed by atoms with Crippen LogP contribution < -0.4 is 0 Å². The summed E-state index contributed by atoms with van der Waals surface area (Å²) in [5.41, 5.74) is 0. The number of hydrogen-bond acceptors (Lipinski definition) is 2. The van der Waals surface area contributed by atoms with Crippen molar-refractivity contribution in [2.75, 3.05) is 26.2 Å². The third kappa shape index (κ3) is 20.2. The molecule has 0 aliphatic heterocycles. The summed E-state index contributed by atoms with van der Waals surface area (Å²) < 4.78 is 0. The van der Waals surface area contributed by atoms with Gasteiger partial charge in [-0.15, -0.1) is 0 Å². The molecule has 0 aromatic rings. The van der Waals surface area contributed by atoms with Gasteiger partial charge in [-0.05, 0) is 45.3 Å². The minimum atomic E-state index is 0.351. The van der Waals surface area contributed by atoms with Crippen LogP contribution in [-0.2, 0) is 0 Å². The monoisotopic (exact) mass is 369 g/mol. The first-order valence-corrected chi connectivity index (χ1v) is 12.2. The van der Waals surface area contributed by atoms with Crippen LogP contribution in [0.15, 0.2) is 0 Å². The summed E-state index contributed by atoms with van der Waals surface area (Å²) in [6.45, 7) is 8.67. The second kappa shape index (κ2) is 23.0. The highest BCUT2D eigenvalue weighted by Crippen LogP contribution is 2.11. The highest BCUT2D eigenvalue weighted by molar-refractivity contribution is 4.60. The second-order valence-electron chi connectivity index (χ2n) is 8.22. The van der Waals surface area contributed by atoms with Crippen molar-refractivity contribution in [2.24, 2.45) is 0 Å². The maximum atomic E-state index is 9.03. The number of rotatable bonds is 22. The standard InChI is InChI=1S/C24H51NO/c1-3-5-7-9-11-13-15-17-21-25(23-19-20-24-26)22-18-16-14-12-10-8-6-4-2/h26H,3-24H2,1-2H3. The van der Waals surface area contributed by atoms with Crippen molar-refractivity contribution in [2.45, 2.75) is 129 Å². The molecule has 26 heavy (non-hydrogen) atoms. The Kier molecular flexibility index (Phi) is 22.9. The predicted molar refractivity (Wildman–Crippen MR) is 118 cm³/mol. The second-order valence-corrected chi connectivity index (χ2v) is 8.22. The molecule has 0 rings (SSSR count). The molecule has 0 saturated heterocycles. The number of aliphatic hydroxyl groups excluding tert-OH is 1. The molecule has 0 aromatic heterocycles. The van der Waals surface area contributed by atoms with Crippen LogP contribution in [0.2, 0.25) is 0 Å². The summed E-state index contributed by atoms with van der Waals surface area (Å²) in [5.74, 6) is 0. The zero-order valence-electron chi connectivity index (χ0n) is 18.5. The smallest absolute Gasteiger partial charge is 0.0431 e. The molecule has 0 bridgehead atoms. The van der Waals surface area contributed by atoms with E-state index in [1.54, 1.807) is 0 Å². The van der Waals surface area contributed by atoms with E-state index in [9.17, 15) is 0 Å². The number of aliphatic hydroxyl groups is 1. The lowest BCUT2D eigenvalue weighted by Crippen LogP contribution is -2.27. The molecule has 2 nitrogen and oxygen atoms in total. The summed E-state index contributed by atoms with van der Waals surface area (Å²) in [6.07, 6.45) is 24.6. The molecule has 0 aromatic carbocycles. The molecule has 1 N–H and O–H groups in total. The van der Waals surface area contributed by atoms with Crippen LogP contribution in [-0.4, -0.2) is 36.2 Å². The van der Waals surface area contributed by atoms with E-state index in [4.69, 9.17) is 5.11 Å². The largest absolute Gasteiger partial charge is 0.396 e. The number of hydrogen-bond donors (Lipinski definition) is 1. The molecule has 0 radical (unpaired) electrons. The molecule has 0 atom stereocenters. The van der Waals surface area contributed by atoms with Crippen LogP contribution in [0.25, 0.3) is 0 Å². The molecule has 2 heteroatoms. The van der Waals surface area contributed by atoms with Crippen molar-refractivity contribution in [3.8, 4) is 0 Å². The van der Waals surface area contributed by atoms with E-state index < -0.39 is 0 Å². The fraction of sp³-hybridized carbons (Fsp3) is 1.00. The van der Waals surface area contributed by atoms with Gasteiger partial charge < -0.3 is 10.0 Å². The van der Waals surface area contributed by atoms with Gasteiger partial charge in [-0.3, -0.25) is 0 Å². The Morgan fingerprint density at radius 1 is 0.423 bits per heavy atom. The molecule has 158 valence electrons. The van der Waals surface area contributed by atoms with Crippen molar-refractivity contribution in [1.82, 2.24) is 4.90 Å². The molecule has 0 heterocycles. The van der Waals surface area contributed by atoms with Gasteiger partial charge in [0.25, 0.3) is 0 Å². The van der Waals surface area contributed by atoms with Crippen molar-refractivity contribution in [3.63, 3.8) is 0 Å². The summed E-state index contributed by atoms with van der Waals surface area (Å²) in [7, 11) is 0. The van der Waals surface area contributed by atoms with Crippen molar-refractivity contribution < 1.29 is 5.11 Å². The minimum absolute atomic E-state index is 0.351. The normalized spacial score (nSPS) is 11.5. The summed E-state index contributed by atoms with van der Waals surface area (Å²) in [4.78, 5) is 2.67. The molecule has 0 aliphatic rings. The lowest BCUT2D eigenvalue weighted by Gasteiger charge is -2.22. The van der Waals surface area contributed by atoms with E-state index in [0.717, 1.165) is 12.8 Å². The third-order valence-electron chi connectivity index (χ3n) is 5.54. The molecule has 0 unspecified atom stereocenters. The Morgan fingerprint density at radius 2 is 0.731 bits per heavy atom. The summed E-state index contributed by atoms with van der Waals surface area (Å²) >= 11 is 0. The van der Waals surface area contributed by atoms with E-state index in [1.165, 1.54) is 122 Å². The molecule has 0 saturated carbocycles. The highest BCUT2D eigenvalue weighted by Gasteiger charge is 2.04. The van der Waals surface area contributed by atoms with Crippen molar-refractivity contribution in [1.29, 1.82) is 0 Å².